The average Bonchev–Trinajstić information content (AvgIpc) is 3.45. The zero-order valence-electron chi connectivity index (χ0n) is 18.6. The molecule has 4 aromatic rings. The second-order valence-electron chi connectivity index (χ2n) is 8.31. The third kappa shape index (κ3) is 4.25. The first-order valence-electron chi connectivity index (χ1n) is 11.0. The van der Waals surface area contributed by atoms with E-state index in [2.05, 4.69) is 20.5 Å². The molecule has 0 saturated heterocycles. The van der Waals surface area contributed by atoms with Crippen molar-refractivity contribution >= 4 is 40.0 Å². The molecule has 180 valence electrons. The molecule has 2 aromatic carbocycles. The van der Waals surface area contributed by atoms with E-state index >= 15 is 0 Å². The Morgan fingerprint density at radius 3 is 2.83 bits per heavy atom. The number of imidazole rings is 1. The summed E-state index contributed by atoms with van der Waals surface area (Å²) in [6.45, 7) is 2.61. The molecule has 0 fully saturated rings. The molecule has 1 aliphatic heterocycles. The molecule has 0 radical (unpaired) electrons. The number of aromatic amines is 1. The van der Waals surface area contributed by atoms with Crippen LogP contribution in [0.5, 0.6) is 0 Å². The van der Waals surface area contributed by atoms with Gasteiger partial charge in [-0.2, -0.15) is 5.10 Å². The van der Waals surface area contributed by atoms with Crippen LogP contribution in [0.15, 0.2) is 48.7 Å². The number of amides is 2. The van der Waals surface area contributed by atoms with Gasteiger partial charge < -0.3 is 14.8 Å². The first kappa shape index (κ1) is 23.0. The van der Waals surface area contributed by atoms with Crippen molar-refractivity contribution in [3.8, 4) is 0 Å². The smallest absolute Gasteiger partial charge is 0.273 e. The number of halogens is 3. The van der Waals surface area contributed by atoms with Gasteiger partial charge in [-0.15, -0.1) is 0 Å². The van der Waals surface area contributed by atoms with Gasteiger partial charge in [0.1, 0.15) is 17.0 Å². The minimum absolute atomic E-state index is 0.105. The maximum absolute atomic E-state index is 13.2. The molecule has 1 aliphatic rings. The van der Waals surface area contributed by atoms with Crippen molar-refractivity contribution in [2.45, 2.75) is 32.4 Å². The van der Waals surface area contributed by atoms with Crippen LogP contribution in [0.2, 0.25) is 5.02 Å². The Kier molecular flexibility index (Phi) is 5.98. The highest BCUT2D eigenvalue weighted by Crippen LogP contribution is 2.29. The quantitative estimate of drug-likeness (QED) is 0.415. The number of rotatable bonds is 5. The molecule has 2 N–H and O–H groups in total. The van der Waals surface area contributed by atoms with E-state index in [9.17, 15) is 18.4 Å². The molecule has 5 rings (SSSR count). The normalized spacial score (nSPS) is 15.5. The summed E-state index contributed by atoms with van der Waals surface area (Å²) in [7, 11) is 0. The predicted octanol–water partition coefficient (Wildman–Crippen LogP) is 4.75. The minimum Gasteiger partial charge on any atom is -0.331 e. The van der Waals surface area contributed by atoms with Crippen molar-refractivity contribution in [1.82, 2.24) is 24.6 Å². The molecule has 1 unspecified atom stereocenters. The van der Waals surface area contributed by atoms with Crippen LogP contribution >= 0.6 is 11.6 Å². The highest BCUT2D eigenvalue weighted by atomic mass is 35.5. The van der Waals surface area contributed by atoms with Crippen LogP contribution in [0.1, 0.15) is 47.0 Å². The van der Waals surface area contributed by atoms with Gasteiger partial charge in [-0.25, -0.2) is 13.8 Å². The fourth-order valence-electron chi connectivity index (χ4n) is 4.41. The van der Waals surface area contributed by atoms with Crippen molar-refractivity contribution in [1.29, 1.82) is 0 Å². The molecule has 11 heteroatoms. The van der Waals surface area contributed by atoms with Crippen molar-refractivity contribution in [3.63, 3.8) is 0 Å². The number of hydrogen-bond acceptors (Lipinski definition) is 4. The summed E-state index contributed by atoms with van der Waals surface area (Å²) in [6.07, 6.45) is -1.07. The van der Waals surface area contributed by atoms with Crippen molar-refractivity contribution in [2.24, 2.45) is 0 Å². The van der Waals surface area contributed by atoms with E-state index in [-0.39, 0.29) is 29.6 Å². The summed E-state index contributed by atoms with van der Waals surface area (Å²) in [6, 6.07) is 10.6. The van der Waals surface area contributed by atoms with Gasteiger partial charge in [-0.1, -0.05) is 35.9 Å². The molecule has 0 bridgehead atoms. The van der Waals surface area contributed by atoms with Crippen LogP contribution in [0.25, 0.3) is 10.9 Å². The Morgan fingerprint density at radius 2 is 2.03 bits per heavy atom. The molecule has 2 amide bonds. The number of benzene rings is 2. The lowest BCUT2D eigenvalue weighted by atomic mass is 10.1. The van der Waals surface area contributed by atoms with Crippen LogP contribution in [0.4, 0.5) is 14.5 Å². The van der Waals surface area contributed by atoms with E-state index in [4.69, 9.17) is 11.6 Å². The monoisotopic (exact) mass is 498 g/mol. The first-order chi connectivity index (χ1) is 16.8. The number of nitrogens with zero attached hydrogens (tertiary/aromatic N) is 4. The van der Waals surface area contributed by atoms with Crippen molar-refractivity contribution in [2.75, 3.05) is 11.9 Å². The van der Waals surface area contributed by atoms with Gasteiger partial charge >= 0.3 is 0 Å². The second kappa shape index (κ2) is 9.10. The van der Waals surface area contributed by atoms with Crippen molar-refractivity contribution < 1.29 is 18.4 Å². The summed E-state index contributed by atoms with van der Waals surface area (Å²) in [5.41, 5.74) is 1.70. The van der Waals surface area contributed by atoms with Crippen LogP contribution in [0, 0.1) is 0 Å². The van der Waals surface area contributed by atoms with Gasteiger partial charge in [0.25, 0.3) is 12.3 Å². The highest BCUT2D eigenvalue weighted by Gasteiger charge is 2.32. The number of H-pyrrole nitrogens is 1. The Labute approximate surface area is 203 Å². The molecule has 0 aliphatic carbocycles. The van der Waals surface area contributed by atoms with Gasteiger partial charge in [-0.3, -0.25) is 14.7 Å². The third-order valence-electron chi connectivity index (χ3n) is 6.18. The molecule has 35 heavy (non-hydrogen) atoms. The second-order valence-corrected chi connectivity index (χ2v) is 8.72. The SMILES string of the molecule is CC1c2ncc(C(=O)Nc3cccc(C(F)F)c3)n2CCN1C(=O)Cc1[nH]nc2c(Cl)cccc12. The number of nitrogens with one attached hydrogen (secondary N) is 2. The van der Waals surface area contributed by atoms with E-state index in [1.165, 1.54) is 24.4 Å². The minimum atomic E-state index is -2.63. The Hall–Kier alpha value is -3.79. The number of fused-ring (bicyclic) bond motifs is 2. The molecule has 3 heterocycles. The van der Waals surface area contributed by atoms with Crippen LogP contribution in [0.3, 0.4) is 0 Å². The van der Waals surface area contributed by atoms with Gasteiger partial charge in [0.2, 0.25) is 5.91 Å². The molecular weight excluding hydrogens is 478 g/mol. The maximum Gasteiger partial charge on any atom is 0.273 e. The van der Waals surface area contributed by atoms with E-state index in [1.807, 2.05) is 19.1 Å². The standard InChI is InChI=1S/C24H21ClF2N6O2/c1-13-23-28-12-19(24(35)29-15-5-2-4-14(10-15)22(26)27)33(23)9-8-32(13)20(34)11-18-16-6-3-7-17(25)21(16)31-30-18/h2-7,10,12-13,22H,8-9,11H2,1H3,(H,29,35)(H,30,31). The molecule has 1 atom stereocenters. The van der Waals surface area contributed by atoms with Gasteiger partial charge in [0.05, 0.1) is 29.4 Å². The Bertz CT molecular complexity index is 1430. The van der Waals surface area contributed by atoms with E-state index < -0.39 is 12.3 Å². The number of carbonyl (C=O) groups is 2. The number of anilines is 1. The van der Waals surface area contributed by atoms with Gasteiger partial charge in [0.15, 0.2) is 0 Å². The van der Waals surface area contributed by atoms with E-state index in [0.717, 1.165) is 5.39 Å². The van der Waals surface area contributed by atoms with Crippen LogP contribution in [-0.2, 0) is 17.8 Å². The fourth-order valence-corrected chi connectivity index (χ4v) is 4.63. The zero-order valence-corrected chi connectivity index (χ0v) is 19.4. The summed E-state index contributed by atoms with van der Waals surface area (Å²) < 4.78 is 27.7. The van der Waals surface area contributed by atoms with Crippen LogP contribution < -0.4 is 5.32 Å². The van der Waals surface area contributed by atoms with Gasteiger partial charge in [0, 0.05) is 29.7 Å². The van der Waals surface area contributed by atoms with Crippen molar-refractivity contribution in [3.05, 3.63) is 76.5 Å². The predicted molar refractivity (Wildman–Crippen MR) is 127 cm³/mol. The van der Waals surface area contributed by atoms with E-state index in [0.29, 0.717) is 40.8 Å². The lowest BCUT2D eigenvalue weighted by molar-refractivity contribution is -0.133. The molecule has 2 aromatic heterocycles. The van der Waals surface area contributed by atoms with Gasteiger partial charge in [-0.05, 0) is 25.1 Å². The lowest BCUT2D eigenvalue weighted by Gasteiger charge is -2.34. The lowest BCUT2D eigenvalue weighted by Crippen LogP contribution is -2.42. The number of hydrogen-bond donors (Lipinski definition) is 2. The molecular formula is C24H21ClF2N6O2. The summed E-state index contributed by atoms with van der Waals surface area (Å²) in [4.78, 5) is 32.1. The third-order valence-corrected chi connectivity index (χ3v) is 6.49. The average molecular weight is 499 g/mol. The molecule has 8 nitrogen and oxygen atoms in total. The summed E-state index contributed by atoms with van der Waals surface area (Å²) >= 11 is 6.18. The number of para-hydroxylation sites is 1. The Morgan fingerprint density at radius 1 is 1.23 bits per heavy atom. The zero-order chi connectivity index (χ0) is 24.7. The Balaban J connectivity index is 1.32. The van der Waals surface area contributed by atoms with E-state index in [1.54, 1.807) is 21.6 Å². The summed E-state index contributed by atoms with van der Waals surface area (Å²) in [5, 5.41) is 11.1. The fraction of sp³-hybridized carbons (Fsp3) is 0.250. The molecule has 0 saturated carbocycles. The molecule has 0 spiro atoms. The highest BCUT2D eigenvalue weighted by molar-refractivity contribution is 6.35. The van der Waals surface area contributed by atoms with Crippen LogP contribution in [-0.4, -0.2) is 43.0 Å². The number of carbonyl (C=O) groups excluding carboxylic acids is 2. The summed E-state index contributed by atoms with van der Waals surface area (Å²) in [5.74, 6) is 0.0173. The largest absolute Gasteiger partial charge is 0.331 e. The number of alkyl halides is 2. The number of aromatic nitrogens is 4. The first-order valence-corrected chi connectivity index (χ1v) is 11.4. The topological polar surface area (TPSA) is 95.9 Å². The maximum atomic E-state index is 13.2.